The van der Waals surface area contributed by atoms with Gasteiger partial charge in [0.05, 0.1) is 25.3 Å². The first-order chi connectivity index (χ1) is 16.8. The van der Waals surface area contributed by atoms with Crippen molar-refractivity contribution in [3.05, 3.63) is 83.1 Å². The fraction of sp³-hybridized carbons (Fsp3) is 0.360. The van der Waals surface area contributed by atoms with Crippen molar-refractivity contribution in [1.82, 2.24) is 15.2 Å². The molecular weight excluding hydrogens is 463 g/mol. The summed E-state index contributed by atoms with van der Waals surface area (Å²) in [6, 6.07) is 12.7. The third-order valence-electron chi connectivity index (χ3n) is 5.04. The molecule has 3 rings (SSSR count). The van der Waals surface area contributed by atoms with E-state index < -0.39 is 17.6 Å². The van der Waals surface area contributed by atoms with E-state index in [4.69, 9.17) is 13.9 Å². The van der Waals surface area contributed by atoms with Crippen LogP contribution in [0.3, 0.4) is 0 Å². The van der Waals surface area contributed by atoms with Crippen LogP contribution in [0, 0.1) is 0 Å². The molecule has 1 N–H and O–H groups in total. The zero-order valence-corrected chi connectivity index (χ0v) is 19.6. The lowest BCUT2D eigenvalue weighted by atomic mass is 10.1. The Bertz CT molecular complexity index is 1080. The topological polar surface area (TPSA) is 76.8 Å². The van der Waals surface area contributed by atoms with Gasteiger partial charge in [-0.1, -0.05) is 30.3 Å². The average Bonchev–Trinajstić information content (AvgIpc) is 3.29. The molecule has 10 heteroatoms. The largest absolute Gasteiger partial charge is 0.494 e. The number of benzene rings is 2. The van der Waals surface area contributed by atoms with Gasteiger partial charge in [-0.2, -0.15) is 13.2 Å². The van der Waals surface area contributed by atoms with Gasteiger partial charge in [0.2, 0.25) is 5.89 Å². The van der Waals surface area contributed by atoms with Gasteiger partial charge in [0.25, 0.3) is 5.91 Å². The second-order valence-electron chi connectivity index (χ2n) is 7.80. The number of rotatable bonds is 12. The Hall–Kier alpha value is -3.37. The fourth-order valence-electron chi connectivity index (χ4n) is 3.42. The summed E-state index contributed by atoms with van der Waals surface area (Å²) < 4.78 is 55.4. The van der Waals surface area contributed by atoms with Gasteiger partial charge >= 0.3 is 6.18 Å². The smallest absolute Gasteiger partial charge is 0.416 e. The number of alkyl halides is 3. The Kier molecular flexibility index (Phi) is 9.27. The molecule has 0 saturated carbocycles. The number of ether oxygens (including phenoxy) is 2. The number of carbonyl (C=O) groups excluding carboxylic acids is 1. The van der Waals surface area contributed by atoms with Gasteiger partial charge in [-0.3, -0.25) is 9.69 Å². The van der Waals surface area contributed by atoms with Gasteiger partial charge in [-0.05, 0) is 36.2 Å². The number of halogens is 3. The predicted octanol–water partition coefficient (Wildman–Crippen LogP) is 4.67. The maximum Gasteiger partial charge on any atom is 0.416 e. The highest BCUT2D eigenvalue weighted by molar-refractivity contribution is 5.91. The van der Waals surface area contributed by atoms with Crippen LogP contribution in [-0.2, 0) is 30.5 Å². The molecule has 0 saturated heterocycles. The summed E-state index contributed by atoms with van der Waals surface area (Å²) in [5.41, 5.74) is 0.845. The minimum absolute atomic E-state index is 0.121. The SMILES string of the molecule is CCOc1ccc(CN(Cc2cccc(C(F)(F)F)c2)Cc2nc(C(=O)NCCOC)co2)cc1. The number of hydrogen-bond donors (Lipinski definition) is 1. The maximum atomic E-state index is 13.2. The van der Waals surface area contributed by atoms with E-state index in [0.717, 1.165) is 23.4 Å². The average molecular weight is 492 g/mol. The van der Waals surface area contributed by atoms with Crippen LogP contribution in [0.5, 0.6) is 5.75 Å². The molecule has 0 aliphatic heterocycles. The van der Waals surface area contributed by atoms with Gasteiger partial charge in [-0.15, -0.1) is 0 Å². The van der Waals surface area contributed by atoms with Crippen LogP contribution in [0.25, 0.3) is 0 Å². The summed E-state index contributed by atoms with van der Waals surface area (Å²) in [6.07, 6.45) is -3.17. The molecule has 2 aromatic carbocycles. The van der Waals surface area contributed by atoms with E-state index in [2.05, 4.69) is 10.3 Å². The number of amides is 1. The van der Waals surface area contributed by atoms with Crippen molar-refractivity contribution >= 4 is 5.91 Å². The summed E-state index contributed by atoms with van der Waals surface area (Å²) in [4.78, 5) is 18.3. The van der Waals surface area contributed by atoms with Gasteiger partial charge in [0, 0.05) is 26.7 Å². The number of nitrogens with zero attached hydrogens (tertiary/aromatic N) is 2. The van der Waals surface area contributed by atoms with E-state index >= 15 is 0 Å². The summed E-state index contributed by atoms with van der Waals surface area (Å²) in [6.45, 7) is 3.96. The first-order valence-electron chi connectivity index (χ1n) is 11.1. The first-order valence-corrected chi connectivity index (χ1v) is 11.1. The van der Waals surface area contributed by atoms with Crippen LogP contribution in [0.4, 0.5) is 13.2 Å². The van der Waals surface area contributed by atoms with E-state index in [1.807, 2.05) is 36.1 Å². The fourth-order valence-corrected chi connectivity index (χ4v) is 3.42. The van der Waals surface area contributed by atoms with E-state index in [9.17, 15) is 18.0 Å². The minimum Gasteiger partial charge on any atom is -0.494 e. The van der Waals surface area contributed by atoms with Crippen molar-refractivity contribution in [2.75, 3.05) is 26.9 Å². The molecular formula is C25H28F3N3O4. The van der Waals surface area contributed by atoms with Crippen LogP contribution in [0.2, 0.25) is 0 Å². The Morgan fingerprint density at radius 3 is 2.51 bits per heavy atom. The van der Waals surface area contributed by atoms with E-state index in [0.29, 0.717) is 31.9 Å². The van der Waals surface area contributed by atoms with Crippen molar-refractivity contribution in [1.29, 1.82) is 0 Å². The highest BCUT2D eigenvalue weighted by Crippen LogP contribution is 2.30. The summed E-state index contributed by atoms with van der Waals surface area (Å²) in [5.74, 6) is 0.616. The molecule has 0 unspecified atom stereocenters. The second-order valence-corrected chi connectivity index (χ2v) is 7.80. The summed E-state index contributed by atoms with van der Waals surface area (Å²) in [7, 11) is 1.53. The number of hydrogen-bond acceptors (Lipinski definition) is 6. The molecule has 1 amide bonds. The Morgan fingerprint density at radius 1 is 1.09 bits per heavy atom. The highest BCUT2D eigenvalue weighted by Gasteiger charge is 2.30. The zero-order chi connectivity index (χ0) is 25.3. The van der Waals surface area contributed by atoms with Crippen molar-refractivity contribution < 1.29 is 31.9 Å². The van der Waals surface area contributed by atoms with Gasteiger partial charge in [-0.25, -0.2) is 4.98 Å². The Balaban J connectivity index is 1.77. The molecule has 0 spiro atoms. The van der Waals surface area contributed by atoms with Crippen molar-refractivity contribution in [3.8, 4) is 5.75 Å². The number of carbonyl (C=O) groups is 1. The van der Waals surface area contributed by atoms with Crippen molar-refractivity contribution in [3.63, 3.8) is 0 Å². The van der Waals surface area contributed by atoms with Crippen LogP contribution >= 0.6 is 0 Å². The van der Waals surface area contributed by atoms with E-state index in [1.54, 1.807) is 6.07 Å². The molecule has 188 valence electrons. The predicted molar refractivity (Wildman–Crippen MR) is 123 cm³/mol. The van der Waals surface area contributed by atoms with E-state index in [1.165, 1.54) is 19.4 Å². The lowest BCUT2D eigenvalue weighted by Gasteiger charge is -2.22. The molecule has 0 fully saturated rings. The highest BCUT2D eigenvalue weighted by atomic mass is 19.4. The number of aromatic nitrogens is 1. The van der Waals surface area contributed by atoms with Crippen molar-refractivity contribution in [2.45, 2.75) is 32.7 Å². The maximum absolute atomic E-state index is 13.2. The number of oxazole rings is 1. The molecule has 0 bridgehead atoms. The van der Waals surface area contributed by atoms with Crippen LogP contribution < -0.4 is 10.1 Å². The van der Waals surface area contributed by atoms with Crippen LogP contribution in [0.15, 0.2) is 59.2 Å². The lowest BCUT2D eigenvalue weighted by Crippen LogP contribution is -2.27. The third-order valence-corrected chi connectivity index (χ3v) is 5.04. The van der Waals surface area contributed by atoms with Crippen molar-refractivity contribution in [2.24, 2.45) is 0 Å². The van der Waals surface area contributed by atoms with Crippen LogP contribution in [-0.4, -0.2) is 42.7 Å². The lowest BCUT2D eigenvalue weighted by molar-refractivity contribution is -0.137. The van der Waals surface area contributed by atoms with Gasteiger partial charge in [0.1, 0.15) is 12.0 Å². The number of methoxy groups -OCH3 is 1. The molecule has 0 radical (unpaired) electrons. The van der Waals surface area contributed by atoms with E-state index in [-0.39, 0.29) is 24.7 Å². The van der Waals surface area contributed by atoms with Gasteiger partial charge < -0.3 is 19.2 Å². The summed E-state index contributed by atoms with van der Waals surface area (Å²) in [5, 5.41) is 2.66. The first kappa shape index (κ1) is 26.2. The molecule has 35 heavy (non-hydrogen) atoms. The molecule has 1 heterocycles. The molecule has 7 nitrogen and oxygen atoms in total. The molecule has 3 aromatic rings. The summed E-state index contributed by atoms with van der Waals surface area (Å²) >= 11 is 0. The van der Waals surface area contributed by atoms with Gasteiger partial charge in [0.15, 0.2) is 5.69 Å². The normalized spacial score (nSPS) is 11.6. The van der Waals surface area contributed by atoms with Crippen LogP contribution in [0.1, 0.15) is 40.0 Å². The molecule has 0 atom stereocenters. The molecule has 1 aromatic heterocycles. The second kappa shape index (κ2) is 12.4. The Morgan fingerprint density at radius 2 is 1.83 bits per heavy atom. The standard InChI is InChI=1S/C25H28F3N3O4/c1-3-34-21-9-7-18(8-10-21)14-31(15-19-5-4-6-20(13-19)25(26,27)28)16-23-30-22(17-35-23)24(32)29-11-12-33-2/h4-10,13,17H,3,11-12,14-16H2,1-2H3,(H,29,32). The minimum atomic E-state index is -4.43. The third kappa shape index (κ3) is 8.11. The Labute approximate surface area is 201 Å². The molecule has 0 aliphatic carbocycles. The monoisotopic (exact) mass is 491 g/mol. The number of nitrogens with one attached hydrogen (secondary N) is 1. The zero-order valence-electron chi connectivity index (χ0n) is 19.6. The molecule has 0 aliphatic rings. The quantitative estimate of drug-likeness (QED) is 0.371.